The van der Waals surface area contributed by atoms with Gasteiger partial charge in [0.25, 0.3) is 0 Å². The summed E-state index contributed by atoms with van der Waals surface area (Å²) in [6.45, 7) is 8.11. The van der Waals surface area contributed by atoms with Crippen LogP contribution < -0.4 is 0 Å². The first-order valence-electron chi connectivity index (χ1n) is 3.72. The maximum atomic E-state index is 2.38. The van der Waals surface area contributed by atoms with E-state index in [9.17, 15) is 0 Å². The number of hydrogen-bond acceptors (Lipinski definition) is 0. The van der Waals surface area contributed by atoms with Crippen LogP contribution in [0.5, 0.6) is 0 Å². The van der Waals surface area contributed by atoms with Crippen LogP contribution in [0.3, 0.4) is 0 Å². The lowest BCUT2D eigenvalue weighted by Gasteiger charge is -2.09. The van der Waals surface area contributed by atoms with Crippen LogP contribution in [0.25, 0.3) is 0 Å². The molecule has 0 bridgehead atoms. The van der Waals surface area contributed by atoms with Gasteiger partial charge in [-0.3, -0.25) is 0 Å². The molecule has 1 heterocycles. The lowest BCUT2D eigenvalue weighted by molar-refractivity contribution is 0.576. The third kappa shape index (κ3) is 0.912. The molecular weight excluding hydrogens is 94.9 g/mol. The molecule has 1 fully saturated rings. The monoisotopic (exact) mass is 110 g/mol. The Bertz CT molecular complexity index is 70.5. The highest BCUT2D eigenvalue weighted by molar-refractivity contribution is 6.59. The highest BCUT2D eigenvalue weighted by atomic mass is 14.1. The van der Waals surface area contributed by atoms with Crippen LogP contribution in [0.2, 0.25) is 19.0 Å². The molecule has 0 N–H and O–H groups in total. The topological polar surface area (TPSA) is 0 Å². The van der Waals surface area contributed by atoms with Gasteiger partial charge in [-0.25, -0.2) is 0 Å². The molecular formula is C7H15B. The van der Waals surface area contributed by atoms with E-state index < -0.39 is 0 Å². The first kappa shape index (κ1) is 6.19. The van der Waals surface area contributed by atoms with Crippen molar-refractivity contribution in [3.05, 3.63) is 0 Å². The molecule has 0 aromatic rings. The van der Waals surface area contributed by atoms with Gasteiger partial charge in [-0.1, -0.05) is 39.2 Å². The molecule has 1 heteroatoms. The zero-order chi connectivity index (χ0) is 6.15. The summed E-state index contributed by atoms with van der Waals surface area (Å²) in [5.74, 6) is 1.97. The first-order chi connectivity index (χ1) is 3.72. The number of rotatable bonds is 0. The van der Waals surface area contributed by atoms with Crippen LogP contribution in [-0.2, 0) is 0 Å². The van der Waals surface area contributed by atoms with E-state index in [4.69, 9.17) is 0 Å². The van der Waals surface area contributed by atoms with Crippen molar-refractivity contribution in [1.29, 1.82) is 0 Å². The quantitative estimate of drug-likeness (QED) is 0.420. The van der Waals surface area contributed by atoms with Crippen LogP contribution >= 0.6 is 0 Å². The molecule has 1 saturated heterocycles. The second kappa shape index (κ2) is 2.12. The van der Waals surface area contributed by atoms with Crippen LogP contribution in [0, 0.1) is 5.92 Å². The van der Waals surface area contributed by atoms with Crippen molar-refractivity contribution in [2.24, 2.45) is 5.92 Å². The van der Waals surface area contributed by atoms with Crippen LogP contribution in [0.1, 0.15) is 20.3 Å². The summed E-state index contributed by atoms with van der Waals surface area (Å²) < 4.78 is 0. The Morgan fingerprint density at radius 3 is 2.12 bits per heavy atom. The van der Waals surface area contributed by atoms with Crippen molar-refractivity contribution in [2.45, 2.75) is 39.2 Å². The summed E-state index contributed by atoms with van der Waals surface area (Å²) >= 11 is 0. The summed E-state index contributed by atoms with van der Waals surface area (Å²) in [6, 6.07) is 0. The number of hydrogen-bond donors (Lipinski definition) is 0. The van der Waals surface area contributed by atoms with Gasteiger partial charge in [0, 0.05) is 0 Å². The first-order valence-corrected chi connectivity index (χ1v) is 3.72. The molecule has 0 aliphatic carbocycles. The van der Waals surface area contributed by atoms with E-state index in [-0.39, 0.29) is 0 Å². The predicted octanol–water partition coefficient (Wildman–Crippen LogP) is 2.54. The molecule has 0 aromatic carbocycles. The smallest absolute Gasteiger partial charge is 0.0859 e. The van der Waals surface area contributed by atoms with E-state index in [1.54, 1.807) is 0 Å². The Morgan fingerprint density at radius 1 is 1.38 bits per heavy atom. The molecule has 1 rings (SSSR count). The van der Waals surface area contributed by atoms with Crippen molar-refractivity contribution >= 4 is 6.71 Å². The molecule has 0 radical (unpaired) electrons. The average molecular weight is 110 g/mol. The maximum absolute atomic E-state index is 2.38. The summed E-state index contributed by atoms with van der Waals surface area (Å²) in [5, 5.41) is 0. The molecule has 0 spiro atoms. The predicted molar refractivity (Wildman–Crippen MR) is 39.6 cm³/mol. The zero-order valence-electron chi connectivity index (χ0n) is 6.15. The minimum atomic E-state index is 0.981. The molecule has 0 saturated carbocycles. The van der Waals surface area contributed by atoms with Gasteiger partial charge >= 0.3 is 0 Å². The van der Waals surface area contributed by atoms with Crippen molar-refractivity contribution in [3.63, 3.8) is 0 Å². The molecule has 0 amide bonds. The molecule has 8 heavy (non-hydrogen) atoms. The summed E-state index contributed by atoms with van der Waals surface area (Å²) in [4.78, 5) is 0. The normalized spacial score (nSPS) is 38.6. The van der Waals surface area contributed by atoms with Crippen LogP contribution in [-0.4, -0.2) is 6.71 Å². The Morgan fingerprint density at radius 2 is 2.00 bits per heavy atom. The van der Waals surface area contributed by atoms with Gasteiger partial charge in [-0.05, 0) is 5.92 Å². The van der Waals surface area contributed by atoms with Crippen molar-refractivity contribution in [2.75, 3.05) is 0 Å². The standard InChI is InChI=1S/C7H15B/c1-6-4-5-8(3)7(6)2/h6-7H,4-5H2,1-3H3. The molecule has 0 nitrogen and oxygen atoms in total. The van der Waals surface area contributed by atoms with E-state index in [0.717, 1.165) is 18.4 Å². The van der Waals surface area contributed by atoms with Crippen molar-refractivity contribution < 1.29 is 0 Å². The van der Waals surface area contributed by atoms with Gasteiger partial charge < -0.3 is 0 Å². The highest BCUT2D eigenvalue weighted by Crippen LogP contribution is 2.35. The third-order valence-electron chi connectivity index (χ3n) is 2.87. The third-order valence-corrected chi connectivity index (χ3v) is 2.87. The van der Waals surface area contributed by atoms with Crippen molar-refractivity contribution in [3.8, 4) is 0 Å². The Kier molecular flexibility index (Phi) is 1.64. The molecule has 2 atom stereocenters. The van der Waals surface area contributed by atoms with E-state index in [0.29, 0.717) is 0 Å². The second-order valence-corrected chi connectivity index (χ2v) is 3.39. The summed E-state index contributed by atoms with van der Waals surface area (Å²) in [7, 11) is 0. The van der Waals surface area contributed by atoms with Gasteiger partial charge in [-0.2, -0.15) is 0 Å². The average Bonchev–Trinajstić information content (AvgIpc) is 1.98. The fourth-order valence-electron chi connectivity index (χ4n) is 1.61. The fraction of sp³-hybridized carbons (Fsp3) is 1.00. The Labute approximate surface area is 52.7 Å². The Balaban J connectivity index is 2.44. The highest BCUT2D eigenvalue weighted by Gasteiger charge is 2.28. The van der Waals surface area contributed by atoms with Gasteiger partial charge in [0.2, 0.25) is 0 Å². The minimum Gasteiger partial charge on any atom is -0.0859 e. The molecule has 2 unspecified atom stereocenters. The molecule has 46 valence electrons. The lowest BCUT2D eigenvalue weighted by Crippen LogP contribution is -2.07. The van der Waals surface area contributed by atoms with Gasteiger partial charge in [0.1, 0.15) is 6.71 Å². The van der Waals surface area contributed by atoms with Gasteiger partial charge in [0.05, 0.1) is 0 Å². The van der Waals surface area contributed by atoms with E-state index >= 15 is 0 Å². The summed E-state index contributed by atoms with van der Waals surface area (Å²) in [6.07, 6.45) is 2.92. The fourth-order valence-corrected chi connectivity index (χ4v) is 1.61. The van der Waals surface area contributed by atoms with Gasteiger partial charge in [0.15, 0.2) is 0 Å². The molecule has 0 aromatic heterocycles. The Hall–Kier alpha value is 0.0649. The SMILES string of the molecule is CB1CCC(C)C1C. The summed E-state index contributed by atoms with van der Waals surface area (Å²) in [5.41, 5.74) is 0. The lowest BCUT2D eigenvalue weighted by atomic mass is 9.44. The molecule has 1 aliphatic heterocycles. The second-order valence-electron chi connectivity index (χ2n) is 3.39. The largest absolute Gasteiger partial charge is 0.139 e. The minimum absolute atomic E-state index is 0.981. The van der Waals surface area contributed by atoms with Crippen LogP contribution in [0.15, 0.2) is 0 Å². The molecule has 1 aliphatic rings. The van der Waals surface area contributed by atoms with Crippen LogP contribution in [0.4, 0.5) is 0 Å². The van der Waals surface area contributed by atoms with E-state index in [2.05, 4.69) is 20.7 Å². The zero-order valence-corrected chi connectivity index (χ0v) is 6.15. The maximum Gasteiger partial charge on any atom is 0.139 e. The van der Waals surface area contributed by atoms with E-state index in [1.807, 2.05) is 0 Å². The van der Waals surface area contributed by atoms with Crippen molar-refractivity contribution in [1.82, 2.24) is 0 Å². The van der Waals surface area contributed by atoms with E-state index in [1.165, 1.54) is 12.7 Å². The van der Waals surface area contributed by atoms with Gasteiger partial charge in [-0.15, -0.1) is 0 Å².